The second kappa shape index (κ2) is 11.4. The van der Waals surface area contributed by atoms with E-state index in [0.717, 1.165) is 18.4 Å². The van der Waals surface area contributed by atoms with Gasteiger partial charge in [0.15, 0.2) is 0 Å². The third-order valence-electron chi connectivity index (χ3n) is 5.25. The number of rotatable bonds is 6. The summed E-state index contributed by atoms with van der Waals surface area (Å²) >= 11 is 0. The Morgan fingerprint density at radius 3 is 1.93 bits per heavy atom. The number of halogens is 1. The van der Waals surface area contributed by atoms with Crippen molar-refractivity contribution in [2.45, 2.75) is 58.8 Å². The quantitative estimate of drug-likeness (QED) is 0.406. The van der Waals surface area contributed by atoms with Crippen molar-refractivity contribution < 1.29 is 4.39 Å². The third-order valence-corrected chi connectivity index (χ3v) is 5.25. The molecular weight excluding hydrogens is 343 g/mol. The van der Waals surface area contributed by atoms with E-state index in [1.165, 1.54) is 29.2 Å². The largest absolute Gasteiger partial charge is 0.207 e. The fourth-order valence-corrected chi connectivity index (χ4v) is 3.44. The van der Waals surface area contributed by atoms with Crippen molar-refractivity contribution in [2.24, 2.45) is 0 Å². The van der Waals surface area contributed by atoms with E-state index in [-0.39, 0.29) is 5.82 Å². The van der Waals surface area contributed by atoms with Gasteiger partial charge in [0.2, 0.25) is 0 Å². The van der Waals surface area contributed by atoms with Crippen LogP contribution in [0.4, 0.5) is 4.39 Å². The highest BCUT2D eigenvalue weighted by Gasteiger charge is 2.13. The van der Waals surface area contributed by atoms with Gasteiger partial charge >= 0.3 is 0 Å². The first-order valence-corrected chi connectivity index (χ1v) is 10.4. The number of hydrogen-bond donors (Lipinski definition) is 0. The zero-order valence-electron chi connectivity index (χ0n) is 17.7. The topological polar surface area (TPSA) is 0 Å². The average Bonchev–Trinajstić information content (AvgIpc) is 2.72. The van der Waals surface area contributed by atoms with Crippen molar-refractivity contribution >= 4 is 0 Å². The van der Waals surface area contributed by atoms with E-state index in [4.69, 9.17) is 0 Å². The highest BCUT2D eigenvalue weighted by atomic mass is 19.1. The van der Waals surface area contributed by atoms with Gasteiger partial charge in [-0.2, -0.15) is 0 Å². The fourth-order valence-electron chi connectivity index (χ4n) is 3.44. The lowest BCUT2D eigenvalue weighted by Gasteiger charge is -2.18. The monoisotopic (exact) mass is 376 g/mol. The van der Waals surface area contributed by atoms with Gasteiger partial charge in [-0.15, -0.1) is 0 Å². The summed E-state index contributed by atoms with van der Waals surface area (Å²) in [6, 6.07) is 26.1. The average molecular weight is 377 g/mol. The minimum absolute atomic E-state index is 0.152. The van der Waals surface area contributed by atoms with Crippen molar-refractivity contribution in [1.29, 1.82) is 0 Å². The molecule has 2 atom stereocenters. The molecule has 3 rings (SSSR count). The van der Waals surface area contributed by atoms with Crippen molar-refractivity contribution in [3.8, 4) is 0 Å². The van der Waals surface area contributed by atoms with Gasteiger partial charge in [-0.05, 0) is 54.5 Å². The fraction of sp³-hybridized carbons (Fsp3) is 0.333. The Hall–Kier alpha value is -2.41. The van der Waals surface area contributed by atoms with Crippen LogP contribution in [0.1, 0.15) is 74.1 Å². The standard InChI is InChI=1S/C17H19F.C10H14/c1-3-6-17(14-8-4-7-13(2)11-14)15-9-5-10-16(18)12-15;1-3-9(2)10-7-5-4-6-8-10/h4-5,7-12,17H,3,6H2,1-2H3;4-9H,3H2,1-2H3. The van der Waals surface area contributed by atoms with E-state index >= 15 is 0 Å². The van der Waals surface area contributed by atoms with Gasteiger partial charge in [-0.25, -0.2) is 4.39 Å². The van der Waals surface area contributed by atoms with Crippen molar-refractivity contribution in [3.63, 3.8) is 0 Å². The molecule has 2 unspecified atom stereocenters. The van der Waals surface area contributed by atoms with Crippen LogP contribution in [0.25, 0.3) is 0 Å². The molecule has 0 bridgehead atoms. The smallest absolute Gasteiger partial charge is 0.123 e. The van der Waals surface area contributed by atoms with Crippen LogP contribution in [0.5, 0.6) is 0 Å². The second-order valence-electron chi connectivity index (χ2n) is 7.53. The Morgan fingerprint density at radius 1 is 0.750 bits per heavy atom. The molecule has 0 aromatic heterocycles. The maximum atomic E-state index is 13.4. The molecule has 28 heavy (non-hydrogen) atoms. The first-order valence-electron chi connectivity index (χ1n) is 10.4. The number of hydrogen-bond acceptors (Lipinski definition) is 0. The highest BCUT2D eigenvalue weighted by molar-refractivity contribution is 5.34. The van der Waals surface area contributed by atoms with E-state index in [2.05, 4.69) is 82.3 Å². The van der Waals surface area contributed by atoms with Gasteiger partial charge < -0.3 is 0 Å². The van der Waals surface area contributed by atoms with Crippen LogP contribution in [0.15, 0.2) is 78.9 Å². The van der Waals surface area contributed by atoms with Gasteiger partial charge in [0.05, 0.1) is 0 Å². The Kier molecular flexibility index (Phi) is 8.94. The van der Waals surface area contributed by atoms with Gasteiger partial charge in [-0.3, -0.25) is 0 Å². The zero-order chi connectivity index (χ0) is 20.4. The summed E-state index contributed by atoms with van der Waals surface area (Å²) in [4.78, 5) is 0. The normalized spacial score (nSPS) is 12.6. The molecule has 0 saturated carbocycles. The SMILES string of the molecule is CCC(C)c1ccccc1.CCCC(c1cccc(C)c1)c1cccc(F)c1. The Bertz CT molecular complexity index is 777. The molecule has 148 valence electrons. The first kappa shape index (κ1) is 21.9. The van der Waals surface area contributed by atoms with Gasteiger partial charge in [0, 0.05) is 5.92 Å². The summed E-state index contributed by atoms with van der Waals surface area (Å²) in [7, 11) is 0. The van der Waals surface area contributed by atoms with Crippen LogP contribution in [-0.2, 0) is 0 Å². The van der Waals surface area contributed by atoms with Gasteiger partial charge in [0.25, 0.3) is 0 Å². The van der Waals surface area contributed by atoms with E-state index in [1.807, 2.05) is 6.07 Å². The molecule has 0 heterocycles. The molecular formula is C27H33F. The number of aryl methyl sites for hydroxylation is 1. The molecule has 0 aliphatic heterocycles. The summed E-state index contributed by atoms with van der Waals surface area (Å²) in [5, 5.41) is 0. The van der Waals surface area contributed by atoms with E-state index in [0.29, 0.717) is 11.8 Å². The van der Waals surface area contributed by atoms with Gasteiger partial charge in [-0.1, -0.05) is 99.5 Å². The first-order chi connectivity index (χ1) is 13.5. The van der Waals surface area contributed by atoms with E-state index < -0.39 is 0 Å². The van der Waals surface area contributed by atoms with Crippen molar-refractivity contribution in [1.82, 2.24) is 0 Å². The molecule has 0 N–H and O–H groups in total. The molecule has 3 aromatic rings. The molecule has 0 aliphatic carbocycles. The number of benzene rings is 3. The van der Waals surface area contributed by atoms with Crippen LogP contribution in [-0.4, -0.2) is 0 Å². The predicted octanol–water partition coefficient (Wildman–Crippen LogP) is 8.27. The molecule has 0 amide bonds. The Balaban J connectivity index is 0.000000237. The van der Waals surface area contributed by atoms with Crippen molar-refractivity contribution in [2.75, 3.05) is 0 Å². The van der Waals surface area contributed by atoms with E-state index in [9.17, 15) is 4.39 Å². The van der Waals surface area contributed by atoms with Crippen LogP contribution in [0.2, 0.25) is 0 Å². The molecule has 0 fully saturated rings. The van der Waals surface area contributed by atoms with Gasteiger partial charge in [0.1, 0.15) is 5.82 Å². The van der Waals surface area contributed by atoms with Crippen LogP contribution in [0, 0.1) is 12.7 Å². The van der Waals surface area contributed by atoms with Crippen molar-refractivity contribution in [3.05, 3.63) is 107 Å². The maximum absolute atomic E-state index is 13.4. The molecule has 1 heteroatoms. The summed E-state index contributed by atoms with van der Waals surface area (Å²) < 4.78 is 13.4. The van der Waals surface area contributed by atoms with E-state index in [1.54, 1.807) is 12.1 Å². The molecule has 0 nitrogen and oxygen atoms in total. The highest BCUT2D eigenvalue weighted by Crippen LogP contribution is 2.30. The summed E-state index contributed by atoms with van der Waals surface area (Å²) in [6.45, 7) is 8.74. The molecule has 0 spiro atoms. The molecule has 0 aliphatic rings. The lowest BCUT2D eigenvalue weighted by molar-refractivity contribution is 0.619. The Labute approximate surface area is 170 Å². The predicted molar refractivity (Wildman–Crippen MR) is 119 cm³/mol. The molecule has 0 radical (unpaired) electrons. The maximum Gasteiger partial charge on any atom is 0.123 e. The molecule has 3 aromatic carbocycles. The van der Waals surface area contributed by atoms with Crippen LogP contribution < -0.4 is 0 Å². The Morgan fingerprint density at radius 2 is 1.36 bits per heavy atom. The van der Waals surface area contributed by atoms with Crippen LogP contribution in [0.3, 0.4) is 0 Å². The lowest BCUT2D eigenvalue weighted by atomic mass is 9.87. The summed E-state index contributed by atoms with van der Waals surface area (Å²) in [5.74, 6) is 0.855. The van der Waals surface area contributed by atoms with Crippen LogP contribution >= 0.6 is 0 Å². The zero-order valence-corrected chi connectivity index (χ0v) is 17.7. The minimum atomic E-state index is -0.152. The summed E-state index contributed by atoms with van der Waals surface area (Å²) in [6.07, 6.45) is 3.37. The summed E-state index contributed by atoms with van der Waals surface area (Å²) in [5.41, 5.74) is 5.06. The molecule has 0 saturated heterocycles. The minimum Gasteiger partial charge on any atom is -0.207 e. The lowest BCUT2D eigenvalue weighted by Crippen LogP contribution is -2.01. The second-order valence-corrected chi connectivity index (χ2v) is 7.53. The third kappa shape index (κ3) is 6.64.